The first-order valence-electron chi connectivity index (χ1n) is 9.73. The number of hydrogen-bond donors (Lipinski definition) is 2. The number of carbonyl (C=O) groups is 1. The number of nitrogens with one attached hydrogen (secondary N) is 1. The second kappa shape index (κ2) is 9.14. The number of hydrogen-bond acceptors (Lipinski definition) is 5. The Hall–Kier alpha value is -2.92. The van der Waals surface area contributed by atoms with Crippen molar-refractivity contribution in [1.82, 2.24) is 15.0 Å². The largest absolute Gasteiger partial charge is 0.495 e. The summed E-state index contributed by atoms with van der Waals surface area (Å²) in [6, 6.07) is 5.79. The van der Waals surface area contributed by atoms with Gasteiger partial charge < -0.3 is 20.2 Å². The Balaban J connectivity index is 0.000000215. The van der Waals surface area contributed by atoms with Crippen LogP contribution in [0.15, 0.2) is 30.6 Å². The minimum absolute atomic E-state index is 0.0588. The standard InChI is InChI=1S/C14H15ClF4O2.C7H6N4O/c1-7-9(6-21-13(7,2)14(17,18)19)8-4-5-10(16)11(15)12(8)20-3;8-6(12)4-1-2-5-7(11-4)10-3-9-5/h4-5,7,9H,6H2,1-3H3;1-3H,(H2,8,12)(H,9,10,11)/t7?,9?,13-;/m1./s1. The first-order chi connectivity index (χ1) is 15.4. The molecule has 0 bridgehead atoms. The summed E-state index contributed by atoms with van der Waals surface area (Å²) in [6.07, 6.45) is -2.97. The summed E-state index contributed by atoms with van der Waals surface area (Å²) in [5.74, 6) is -2.59. The number of aromatic nitrogens is 3. The summed E-state index contributed by atoms with van der Waals surface area (Å²) in [6.45, 7) is 2.35. The van der Waals surface area contributed by atoms with E-state index >= 15 is 0 Å². The molecule has 1 amide bonds. The van der Waals surface area contributed by atoms with Gasteiger partial charge in [-0.1, -0.05) is 24.6 Å². The number of pyridine rings is 1. The SMILES string of the molecule is COc1c(C2CO[C@@](C)(C(F)(F)F)C2C)ccc(F)c1Cl.NC(=O)c1ccc2[nH]cnc2n1. The smallest absolute Gasteiger partial charge is 0.417 e. The van der Waals surface area contributed by atoms with E-state index in [0.717, 1.165) is 18.5 Å². The predicted molar refractivity (Wildman–Crippen MR) is 113 cm³/mol. The number of ether oxygens (including phenoxy) is 2. The number of aromatic amines is 1. The van der Waals surface area contributed by atoms with Crippen LogP contribution >= 0.6 is 11.6 Å². The molecule has 3 aromatic rings. The molecule has 7 nitrogen and oxygen atoms in total. The van der Waals surface area contributed by atoms with E-state index in [2.05, 4.69) is 15.0 Å². The number of carbonyl (C=O) groups excluding carboxylic acids is 1. The molecule has 1 aromatic carbocycles. The summed E-state index contributed by atoms with van der Waals surface area (Å²) < 4.78 is 63.1. The lowest BCUT2D eigenvalue weighted by atomic mass is 9.79. The van der Waals surface area contributed by atoms with Crippen molar-refractivity contribution in [2.75, 3.05) is 13.7 Å². The van der Waals surface area contributed by atoms with Gasteiger partial charge in [-0.2, -0.15) is 13.2 Å². The van der Waals surface area contributed by atoms with E-state index in [4.69, 9.17) is 26.8 Å². The van der Waals surface area contributed by atoms with Crippen LogP contribution in [0.1, 0.15) is 35.8 Å². The molecule has 1 aliphatic rings. The van der Waals surface area contributed by atoms with Crippen molar-refractivity contribution in [2.45, 2.75) is 31.5 Å². The number of H-pyrrole nitrogens is 1. The average molecular weight is 489 g/mol. The fourth-order valence-electron chi connectivity index (χ4n) is 3.63. The van der Waals surface area contributed by atoms with Crippen LogP contribution in [0.3, 0.4) is 0 Å². The van der Waals surface area contributed by atoms with Crippen LogP contribution < -0.4 is 10.5 Å². The molecular formula is C21H21ClF4N4O3. The molecule has 12 heteroatoms. The minimum atomic E-state index is -4.49. The Kier molecular flexibility index (Phi) is 6.85. The van der Waals surface area contributed by atoms with E-state index in [1.807, 2.05) is 0 Å². The zero-order chi connectivity index (χ0) is 24.6. The van der Waals surface area contributed by atoms with Crippen LogP contribution in [-0.2, 0) is 4.74 Å². The predicted octanol–water partition coefficient (Wildman–Crippen LogP) is 4.62. The van der Waals surface area contributed by atoms with E-state index in [9.17, 15) is 22.4 Å². The Morgan fingerprint density at radius 3 is 2.61 bits per heavy atom. The van der Waals surface area contributed by atoms with E-state index < -0.39 is 35.3 Å². The average Bonchev–Trinajstić information content (AvgIpc) is 3.35. The minimum Gasteiger partial charge on any atom is -0.495 e. The Labute approximate surface area is 191 Å². The van der Waals surface area contributed by atoms with Crippen molar-refractivity contribution in [3.63, 3.8) is 0 Å². The summed E-state index contributed by atoms with van der Waals surface area (Å²) in [7, 11) is 1.30. The summed E-state index contributed by atoms with van der Waals surface area (Å²) in [4.78, 5) is 21.4. The number of primary amides is 1. The van der Waals surface area contributed by atoms with E-state index in [1.165, 1.54) is 26.4 Å². The van der Waals surface area contributed by atoms with Crippen molar-refractivity contribution in [2.24, 2.45) is 11.7 Å². The molecule has 2 aromatic heterocycles. The molecule has 2 unspecified atom stereocenters. The number of amides is 1. The van der Waals surface area contributed by atoms with Crippen molar-refractivity contribution in [1.29, 1.82) is 0 Å². The highest BCUT2D eigenvalue weighted by molar-refractivity contribution is 6.32. The molecule has 33 heavy (non-hydrogen) atoms. The molecule has 1 saturated heterocycles. The molecule has 0 saturated carbocycles. The topological polar surface area (TPSA) is 103 Å². The summed E-state index contributed by atoms with van der Waals surface area (Å²) >= 11 is 5.82. The van der Waals surface area contributed by atoms with Gasteiger partial charge in [0.15, 0.2) is 11.2 Å². The zero-order valence-corrected chi connectivity index (χ0v) is 18.6. The normalized spacial score (nSPS) is 22.7. The quantitative estimate of drug-likeness (QED) is 0.524. The van der Waals surface area contributed by atoms with Crippen LogP contribution in [0, 0.1) is 11.7 Å². The van der Waals surface area contributed by atoms with Crippen LogP contribution in [0.5, 0.6) is 5.75 Å². The Morgan fingerprint density at radius 1 is 1.33 bits per heavy atom. The number of halogens is 5. The molecular weight excluding hydrogens is 468 g/mol. The van der Waals surface area contributed by atoms with Gasteiger partial charge in [-0.3, -0.25) is 4.79 Å². The number of rotatable bonds is 3. The van der Waals surface area contributed by atoms with E-state index in [1.54, 1.807) is 12.1 Å². The second-order valence-corrected chi connectivity index (χ2v) is 8.01. The number of benzene rings is 1. The van der Waals surface area contributed by atoms with E-state index in [-0.39, 0.29) is 23.1 Å². The van der Waals surface area contributed by atoms with Crippen LogP contribution in [-0.4, -0.2) is 46.4 Å². The molecule has 178 valence electrons. The van der Waals surface area contributed by atoms with Gasteiger partial charge in [-0.15, -0.1) is 0 Å². The first-order valence-corrected chi connectivity index (χ1v) is 10.1. The highest BCUT2D eigenvalue weighted by Gasteiger charge is 2.61. The number of nitrogens with zero attached hydrogens (tertiary/aromatic N) is 2. The van der Waals surface area contributed by atoms with Gasteiger partial charge in [0.1, 0.15) is 22.3 Å². The van der Waals surface area contributed by atoms with Crippen molar-refractivity contribution >= 4 is 28.7 Å². The number of nitrogens with two attached hydrogens (primary N) is 1. The van der Waals surface area contributed by atoms with Gasteiger partial charge in [0.2, 0.25) is 0 Å². The first kappa shape index (κ1) is 24.7. The van der Waals surface area contributed by atoms with Gasteiger partial charge in [0, 0.05) is 17.4 Å². The summed E-state index contributed by atoms with van der Waals surface area (Å²) in [5.41, 5.74) is 4.74. The molecule has 4 rings (SSSR count). The van der Waals surface area contributed by atoms with Crippen molar-refractivity contribution in [3.8, 4) is 5.75 Å². The van der Waals surface area contributed by atoms with Gasteiger partial charge in [0.05, 0.1) is 25.6 Å². The second-order valence-electron chi connectivity index (χ2n) is 7.63. The third-order valence-corrected chi connectivity index (χ3v) is 6.17. The highest BCUT2D eigenvalue weighted by Crippen LogP contribution is 2.52. The molecule has 1 aliphatic heterocycles. The molecule has 3 N–H and O–H groups in total. The lowest BCUT2D eigenvalue weighted by Gasteiger charge is -2.32. The van der Waals surface area contributed by atoms with Gasteiger partial charge >= 0.3 is 6.18 Å². The Morgan fingerprint density at radius 2 is 2.03 bits per heavy atom. The molecule has 1 fully saturated rings. The van der Waals surface area contributed by atoms with Crippen LogP contribution in [0.4, 0.5) is 17.6 Å². The van der Waals surface area contributed by atoms with Gasteiger partial charge in [-0.05, 0) is 25.1 Å². The Bertz CT molecular complexity index is 1170. The van der Waals surface area contributed by atoms with E-state index in [0.29, 0.717) is 11.2 Å². The molecule has 0 aliphatic carbocycles. The zero-order valence-electron chi connectivity index (χ0n) is 17.8. The molecule has 0 spiro atoms. The van der Waals surface area contributed by atoms with Gasteiger partial charge in [0.25, 0.3) is 5.91 Å². The fourth-order valence-corrected chi connectivity index (χ4v) is 3.88. The third-order valence-electron chi connectivity index (χ3n) is 5.82. The molecule has 0 radical (unpaired) electrons. The number of alkyl halides is 3. The van der Waals surface area contributed by atoms with Crippen molar-refractivity contribution < 1.29 is 31.8 Å². The van der Waals surface area contributed by atoms with Gasteiger partial charge in [-0.25, -0.2) is 14.4 Å². The molecule has 3 atom stereocenters. The van der Waals surface area contributed by atoms with Crippen LogP contribution in [0.2, 0.25) is 5.02 Å². The number of imidazole rings is 1. The lowest BCUT2D eigenvalue weighted by Crippen LogP contribution is -2.46. The maximum absolute atomic E-state index is 13.4. The maximum atomic E-state index is 13.4. The maximum Gasteiger partial charge on any atom is 0.417 e. The molecule has 3 heterocycles. The number of methoxy groups -OCH3 is 1. The van der Waals surface area contributed by atoms with Crippen LogP contribution in [0.25, 0.3) is 11.2 Å². The highest BCUT2D eigenvalue weighted by atomic mass is 35.5. The fraction of sp³-hybridized carbons (Fsp3) is 0.381. The lowest BCUT2D eigenvalue weighted by molar-refractivity contribution is -0.266. The monoisotopic (exact) mass is 488 g/mol. The number of fused-ring (bicyclic) bond motifs is 1. The summed E-state index contributed by atoms with van der Waals surface area (Å²) in [5, 5.41) is -0.234. The van der Waals surface area contributed by atoms with Crippen molar-refractivity contribution in [3.05, 3.63) is 52.7 Å². The third kappa shape index (κ3) is 4.60.